The fourth-order valence-corrected chi connectivity index (χ4v) is 1.12. The van der Waals surface area contributed by atoms with Crippen LogP contribution < -0.4 is 0 Å². The Morgan fingerprint density at radius 3 is 2.73 bits per heavy atom. The van der Waals surface area contributed by atoms with Crippen LogP contribution in [0.4, 0.5) is 0 Å². The van der Waals surface area contributed by atoms with Crippen molar-refractivity contribution in [2.24, 2.45) is 4.99 Å². The number of hydrogen-bond acceptors (Lipinski definition) is 1. The molecule has 1 heteroatoms. The van der Waals surface area contributed by atoms with Crippen molar-refractivity contribution in [2.75, 3.05) is 7.05 Å². The van der Waals surface area contributed by atoms with Crippen LogP contribution in [0, 0.1) is 0 Å². The van der Waals surface area contributed by atoms with E-state index in [1.54, 1.807) is 7.05 Å². The summed E-state index contributed by atoms with van der Waals surface area (Å²) in [5, 5.41) is 0. The second-order valence-electron chi connectivity index (χ2n) is 2.44. The number of aryl methyl sites for hydroxylation is 1. The fourth-order valence-electron chi connectivity index (χ4n) is 1.12. The first-order valence-electron chi connectivity index (χ1n) is 3.88. The van der Waals surface area contributed by atoms with Gasteiger partial charge in [-0.1, -0.05) is 31.2 Å². The summed E-state index contributed by atoms with van der Waals surface area (Å²) >= 11 is 0. The Bertz CT molecular complexity index is 251. The van der Waals surface area contributed by atoms with Gasteiger partial charge < -0.3 is 0 Å². The molecule has 1 aromatic carbocycles. The molecule has 0 aliphatic heterocycles. The number of hydrogen-bond donors (Lipinski definition) is 0. The monoisotopic (exact) mass is 147 g/mol. The smallest absolute Gasteiger partial charge is 0.0284 e. The van der Waals surface area contributed by atoms with E-state index in [0.29, 0.717) is 0 Å². The van der Waals surface area contributed by atoms with Gasteiger partial charge in [-0.15, -0.1) is 0 Å². The minimum atomic E-state index is 1.07. The summed E-state index contributed by atoms with van der Waals surface area (Å²) in [6, 6.07) is 8.32. The number of nitrogens with zero attached hydrogens (tertiary/aromatic N) is 1. The molecule has 0 N–H and O–H groups in total. The van der Waals surface area contributed by atoms with Crippen LogP contribution in [0.25, 0.3) is 0 Å². The molecule has 0 heterocycles. The first-order chi connectivity index (χ1) is 5.38. The van der Waals surface area contributed by atoms with Gasteiger partial charge in [0.05, 0.1) is 0 Å². The molecule has 0 amide bonds. The van der Waals surface area contributed by atoms with Gasteiger partial charge in [0.2, 0.25) is 0 Å². The number of rotatable bonds is 2. The Morgan fingerprint density at radius 1 is 1.36 bits per heavy atom. The summed E-state index contributed by atoms with van der Waals surface area (Å²) in [5.41, 5.74) is 2.59. The van der Waals surface area contributed by atoms with E-state index in [9.17, 15) is 0 Å². The third-order valence-corrected chi connectivity index (χ3v) is 1.70. The van der Waals surface area contributed by atoms with E-state index in [1.807, 2.05) is 12.3 Å². The van der Waals surface area contributed by atoms with Gasteiger partial charge >= 0.3 is 0 Å². The summed E-state index contributed by atoms with van der Waals surface area (Å²) < 4.78 is 0. The van der Waals surface area contributed by atoms with Crippen LogP contribution in [0.15, 0.2) is 29.3 Å². The van der Waals surface area contributed by atoms with Gasteiger partial charge in [0.1, 0.15) is 0 Å². The van der Waals surface area contributed by atoms with E-state index in [1.165, 1.54) is 11.1 Å². The molecule has 1 aromatic rings. The molecule has 0 unspecified atom stereocenters. The van der Waals surface area contributed by atoms with Crippen molar-refractivity contribution in [1.29, 1.82) is 0 Å². The lowest BCUT2D eigenvalue weighted by atomic mass is 10.1. The predicted octanol–water partition coefficient (Wildman–Crippen LogP) is 2.30. The zero-order chi connectivity index (χ0) is 8.10. The highest BCUT2D eigenvalue weighted by atomic mass is 14.6. The van der Waals surface area contributed by atoms with Gasteiger partial charge in [-0.2, -0.15) is 0 Å². The van der Waals surface area contributed by atoms with Gasteiger partial charge in [-0.25, -0.2) is 0 Å². The van der Waals surface area contributed by atoms with Crippen LogP contribution in [-0.4, -0.2) is 13.3 Å². The van der Waals surface area contributed by atoms with Crippen molar-refractivity contribution in [2.45, 2.75) is 13.3 Å². The van der Waals surface area contributed by atoms with Gasteiger partial charge in [0, 0.05) is 13.3 Å². The molecule has 1 nitrogen and oxygen atoms in total. The van der Waals surface area contributed by atoms with Gasteiger partial charge in [0.25, 0.3) is 0 Å². The normalized spacial score (nSPS) is 10.7. The van der Waals surface area contributed by atoms with Crippen molar-refractivity contribution in [3.8, 4) is 0 Å². The van der Waals surface area contributed by atoms with Gasteiger partial charge in [-0.3, -0.25) is 4.99 Å². The largest absolute Gasteiger partial charge is 0.296 e. The third-order valence-electron chi connectivity index (χ3n) is 1.70. The SMILES string of the molecule is CCc1ccccc1/C=N/C. The topological polar surface area (TPSA) is 12.4 Å². The Balaban J connectivity index is 3.02. The molecular formula is C10H13N. The van der Waals surface area contributed by atoms with Crippen LogP contribution in [0.2, 0.25) is 0 Å². The summed E-state index contributed by atoms with van der Waals surface area (Å²) in [4.78, 5) is 3.99. The zero-order valence-electron chi connectivity index (χ0n) is 7.04. The lowest BCUT2D eigenvalue weighted by Gasteiger charge is -1.99. The second kappa shape index (κ2) is 3.91. The first kappa shape index (κ1) is 7.99. The second-order valence-corrected chi connectivity index (χ2v) is 2.44. The fraction of sp³-hybridized carbons (Fsp3) is 0.300. The van der Waals surface area contributed by atoms with Crippen molar-refractivity contribution >= 4 is 6.21 Å². The number of aliphatic imine (C=N–C) groups is 1. The minimum absolute atomic E-state index is 1.07. The molecule has 58 valence electrons. The van der Waals surface area contributed by atoms with E-state index in [-0.39, 0.29) is 0 Å². The van der Waals surface area contributed by atoms with Crippen LogP contribution >= 0.6 is 0 Å². The molecule has 0 bridgehead atoms. The average molecular weight is 147 g/mol. The standard InChI is InChI=1S/C10H13N/c1-3-9-6-4-5-7-10(9)8-11-2/h4-8H,3H2,1-2H3/b11-8+. The summed E-state index contributed by atoms with van der Waals surface area (Å²) in [6.07, 6.45) is 2.97. The number of benzene rings is 1. The molecule has 0 saturated heterocycles. The third kappa shape index (κ3) is 1.90. The maximum atomic E-state index is 3.99. The van der Waals surface area contributed by atoms with Crippen molar-refractivity contribution in [3.05, 3.63) is 35.4 Å². The average Bonchev–Trinajstić information content (AvgIpc) is 2.06. The lowest BCUT2D eigenvalue weighted by Crippen LogP contribution is -1.89. The Labute approximate surface area is 67.8 Å². The summed E-state index contributed by atoms with van der Waals surface area (Å²) in [5.74, 6) is 0. The molecule has 0 spiro atoms. The zero-order valence-corrected chi connectivity index (χ0v) is 7.04. The van der Waals surface area contributed by atoms with Crippen molar-refractivity contribution in [1.82, 2.24) is 0 Å². The molecule has 1 rings (SSSR count). The molecule has 0 fully saturated rings. The van der Waals surface area contributed by atoms with E-state index < -0.39 is 0 Å². The van der Waals surface area contributed by atoms with Gasteiger partial charge in [0.15, 0.2) is 0 Å². The molecule has 0 aliphatic rings. The predicted molar refractivity (Wildman–Crippen MR) is 49.3 cm³/mol. The van der Waals surface area contributed by atoms with E-state index in [0.717, 1.165) is 6.42 Å². The van der Waals surface area contributed by atoms with E-state index in [4.69, 9.17) is 0 Å². The van der Waals surface area contributed by atoms with Crippen LogP contribution in [0.5, 0.6) is 0 Å². The van der Waals surface area contributed by atoms with Crippen molar-refractivity contribution < 1.29 is 0 Å². The highest BCUT2D eigenvalue weighted by molar-refractivity contribution is 5.81. The Hall–Kier alpha value is -1.11. The molecule has 0 atom stereocenters. The molecule has 0 aliphatic carbocycles. The summed E-state index contributed by atoms with van der Waals surface area (Å²) in [6.45, 7) is 2.16. The van der Waals surface area contributed by atoms with Crippen LogP contribution in [-0.2, 0) is 6.42 Å². The molecule has 0 saturated carbocycles. The van der Waals surface area contributed by atoms with Gasteiger partial charge in [-0.05, 0) is 17.5 Å². The minimum Gasteiger partial charge on any atom is -0.296 e. The molecule has 11 heavy (non-hydrogen) atoms. The maximum absolute atomic E-state index is 3.99. The summed E-state index contributed by atoms with van der Waals surface area (Å²) in [7, 11) is 1.80. The quantitative estimate of drug-likeness (QED) is 0.569. The van der Waals surface area contributed by atoms with E-state index in [2.05, 4.69) is 30.1 Å². The Kier molecular flexibility index (Phi) is 2.84. The lowest BCUT2D eigenvalue weighted by molar-refractivity contribution is 1.13. The van der Waals surface area contributed by atoms with Crippen LogP contribution in [0.3, 0.4) is 0 Å². The first-order valence-corrected chi connectivity index (χ1v) is 3.88. The molecular weight excluding hydrogens is 134 g/mol. The molecule has 0 aromatic heterocycles. The highest BCUT2D eigenvalue weighted by Crippen LogP contribution is 2.06. The maximum Gasteiger partial charge on any atom is 0.0284 e. The molecule has 0 radical (unpaired) electrons. The van der Waals surface area contributed by atoms with Crippen LogP contribution in [0.1, 0.15) is 18.1 Å². The van der Waals surface area contributed by atoms with Crippen molar-refractivity contribution in [3.63, 3.8) is 0 Å². The highest BCUT2D eigenvalue weighted by Gasteiger charge is 1.93. The Morgan fingerprint density at radius 2 is 2.09 bits per heavy atom. The van der Waals surface area contributed by atoms with E-state index >= 15 is 0 Å².